The van der Waals surface area contributed by atoms with Crippen molar-refractivity contribution in [2.45, 2.75) is 69.9 Å². The summed E-state index contributed by atoms with van der Waals surface area (Å²) in [4.78, 5) is 2.58. The summed E-state index contributed by atoms with van der Waals surface area (Å²) in [5.74, 6) is 0. The van der Waals surface area contributed by atoms with Crippen LogP contribution in [0.1, 0.15) is 58.3 Å². The highest BCUT2D eigenvalue weighted by atomic mass is 16.3. The lowest BCUT2D eigenvalue weighted by molar-refractivity contribution is 0.0644. The van der Waals surface area contributed by atoms with Crippen molar-refractivity contribution >= 4 is 0 Å². The third kappa shape index (κ3) is 3.32. The molecule has 19 heavy (non-hydrogen) atoms. The molecule has 3 fully saturated rings. The molecule has 1 saturated heterocycles. The molecule has 0 amide bonds. The van der Waals surface area contributed by atoms with Crippen LogP contribution in [0.25, 0.3) is 0 Å². The maximum absolute atomic E-state index is 9.71. The molecule has 2 saturated carbocycles. The first-order chi connectivity index (χ1) is 9.13. The van der Waals surface area contributed by atoms with E-state index in [1.54, 1.807) is 0 Å². The number of rotatable bonds is 5. The van der Waals surface area contributed by atoms with E-state index in [0.717, 1.165) is 6.54 Å². The molecule has 1 atom stereocenters. The maximum atomic E-state index is 9.71. The SMILES string of the molecule is CC(CO)(CN1CCC2(CCCC2)CC1)NC1CC1. The topological polar surface area (TPSA) is 35.5 Å². The Bertz CT molecular complexity index is 300. The molecule has 0 bridgehead atoms. The molecule has 1 spiro atoms. The van der Waals surface area contributed by atoms with E-state index < -0.39 is 0 Å². The predicted molar refractivity (Wildman–Crippen MR) is 78.2 cm³/mol. The van der Waals surface area contributed by atoms with Gasteiger partial charge in [-0.05, 0) is 64.0 Å². The Kier molecular flexibility index (Phi) is 3.89. The largest absolute Gasteiger partial charge is 0.394 e. The summed E-state index contributed by atoms with van der Waals surface area (Å²) in [5, 5.41) is 13.3. The third-order valence-electron chi connectivity index (χ3n) is 5.63. The lowest BCUT2D eigenvalue weighted by Crippen LogP contribution is -2.56. The van der Waals surface area contributed by atoms with E-state index in [-0.39, 0.29) is 12.1 Å². The monoisotopic (exact) mass is 266 g/mol. The molecule has 3 heteroatoms. The minimum atomic E-state index is -0.0959. The number of likely N-dealkylation sites (tertiary alicyclic amines) is 1. The molecule has 0 aromatic heterocycles. The molecular formula is C16H30N2O. The van der Waals surface area contributed by atoms with Crippen LogP contribution in [0.2, 0.25) is 0 Å². The highest BCUT2D eigenvalue weighted by molar-refractivity contribution is 4.96. The van der Waals surface area contributed by atoms with Crippen molar-refractivity contribution in [3.05, 3.63) is 0 Å². The van der Waals surface area contributed by atoms with Crippen LogP contribution in [0.5, 0.6) is 0 Å². The van der Waals surface area contributed by atoms with E-state index in [0.29, 0.717) is 11.5 Å². The average Bonchev–Trinajstić information content (AvgIpc) is 3.10. The smallest absolute Gasteiger partial charge is 0.0623 e. The summed E-state index contributed by atoms with van der Waals surface area (Å²) >= 11 is 0. The zero-order valence-corrected chi connectivity index (χ0v) is 12.5. The molecule has 0 radical (unpaired) electrons. The van der Waals surface area contributed by atoms with Gasteiger partial charge in [-0.1, -0.05) is 12.8 Å². The van der Waals surface area contributed by atoms with Gasteiger partial charge >= 0.3 is 0 Å². The zero-order chi connectivity index (χ0) is 13.3. The summed E-state index contributed by atoms with van der Waals surface area (Å²) in [6, 6.07) is 0.670. The van der Waals surface area contributed by atoms with Gasteiger partial charge in [0, 0.05) is 12.6 Å². The Labute approximate surface area is 117 Å². The predicted octanol–water partition coefficient (Wildman–Crippen LogP) is 2.15. The third-order valence-corrected chi connectivity index (χ3v) is 5.63. The fourth-order valence-corrected chi connectivity index (χ4v) is 4.17. The Hall–Kier alpha value is -0.120. The van der Waals surface area contributed by atoms with Crippen molar-refractivity contribution in [3.63, 3.8) is 0 Å². The number of hydrogen-bond acceptors (Lipinski definition) is 3. The van der Waals surface area contributed by atoms with Crippen LogP contribution in [0.3, 0.4) is 0 Å². The van der Waals surface area contributed by atoms with Gasteiger partial charge in [0.05, 0.1) is 12.1 Å². The molecule has 2 N–H and O–H groups in total. The van der Waals surface area contributed by atoms with E-state index in [9.17, 15) is 5.11 Å². The van der Waals surface area contributed by atoms with E-state index in [2.05, 4.69) is 17.1 Å². The average molecular weight is 266 g/mol. The summed E-state index contributed by atoms with van der Waals surface area (Å²) in [7, 11) is 0. The Morgan fingerprint density at radius 3 is 2.32 bits per heavy atom. The summed E-state index contributed by atoms with van der Waals surface area (Å²) in [6.07, 6.45) is 11.2. The second-order valence-corrected chi connectivity index (χ2v) is 7.62. The lowest BCUT2D eigenvalue weighted by atomic mass is 9.77. The molecule has 0 aromatic rings. The van der Waals surface area contributed by atoms with Gasteiger partial charge in [-0.25, -0.2) is 0 Å². The molecular weight excluding hydrogens is 236 g/mol. The van der Waals surface area contributed by atoms with Gasteiger partial charge in [-0.3, -0.25) is 0 Å². The number of nitrogens with zero attached hydrogens (tertiary/aromatic N) is 1. The zero-order valence-electron chi connectivity index (χ0n) is 12.5. The molecule has 1 unspecified atom stereocenters. The van der Waals surface area contributed by atoms with Gasteiger partial charge in [0.2, 0.25) is 0 Å². The molecule has 3 aliphatic rings. The Morgan fingerprint density at radius 1 is 1.16 bits per heavy atom. The summed E-state index contributed by atoms with van der Waals surface area (Å²) in [6.45, 7) is 5.93. The van der Waals surface area contributed by atoms with Gasteiger partial charge in [0.25, 0.3) is 0 Å². The normalized spacial score (nSPS) is 30.6. The van der Waals surface area contributed by atoms with Crippen LogP contribution >= 0.6 is 0 Å². The van der Waals surface area contributed by atoms with Gasteiger partial charge < -0.3 is 15.3 Å². The van der Waals surface area contributed by atoms with Crippen LogP contribution in [0.4, 0.5) is 0 Å². The van der Waals surface area contributed by atoms with Crippen molar-refractivity contribution in [1.29, 1.82) is 0 Å². The minimum absolute atomic E-state index is 0.0959. The van der Waals surface area contributed by atoms with E-state index >= 15 is 0 Å². The van der Waals surface area contributed by atoms with Crippen molar-refractivity contribution < 1.29 is 5.11 Å². The van der Waals surface area contributed by atoms with E-state index in [1.807, 2.05) is 0 Å². The van der Waals surface area contributed by atoms with Crippen LogP contribution in [-0.2, 0) is 0 Å². The number of hydrogen-bond donors (Lipinski definition) is 2. The molecule has 3 nitrogen and oxygen atoms in total. The van der Waals surface area contributed by atoms with Crippen LogP contribution in [0, 0.1) is 5.41 Å². The Morgan fingerprint density at radius 2 is 1.79 bits per heavy atom. The second-order valence-electron chi connectivity index (χ2n) is 7.62. The first-order valence-corrected chi connectivity index (χ1v) is 8.24. The molecule has 2 aliphatic carbocycles. The van der Waals surface area contributed by atoms with Gasteiger partial charge in [0.1, 0.15) is 0 Å². The molecule has 1 aliphatic heterocycles. The second kappa shape index (κ2) is 5.34. The van der Waals surface area contributed by atoms with Gasteiger partial charge in [-0.2, -0.15) is 0 Å². The van der Waals surface area contributed by atoms with Crippen LogP contribution < -0.4 is 5.32 Å². The number of piperidine rings is 1. The van der Waals surface area contributed by atoms with Crippen molar-refractivity contribution in [3.8, 4) is 0 Å². The van der Waals surface area contributed by atoms with Crippen molar-refractivity contribution in [2.24, 2.45) is 5.41 Å². The van der Waals surface area contributed by atoms with Crippen LogP contribution in [-0.4, -0.2) is 47.8 Å². The van der Waals surface area contributed by atoms with Gasteiger partial charge in [0.15, 0.2) is 0 Å². The summed E-state index contributed by atoms with van der Waals surface area (Å²) in [5.41, 5.74) is 0.609. The number of aliphatic hydroxyl groups excluding tert-OH is 1. The lowest BCUT2D eigenvalue weighted by Gasteiger charge is -2.43. The molecule has 3 rings (SSSR count). The van der Waals surface area contributed by atoms with Crippen molar-refractivity contribution in [1.82, 2.24) is 10.2 Å². The van der Waals surface area contributed by atoms with Crippen molar-refractivity contribution in [2.75, 3.05) is 26.2 Å². The first kappa shape index (κ1) is 13.8. The number of aliphatic hydroxyl groups is 1. The molecule has 1 heterocycles. The first-order valence-electron chi connectivity index (χ1n) is 8.24. The fraction of sp³-hybridized carbons (Fsp3) is 1.00. The highest BCUT2D eigenvalue weighted by Gasteiger charge is 2.39. The minimum Gasteiger partial charge on any atom is -0.394 e. The van der Waals surface area contributed by atoms with E-state index in [4.69, 9.17) is 0 Å². The standard InChI is InChI=1S/C16H30N2O/c1-15(13-19,17-14-4-5-14)12-18-10-8-16(9-11-18)6-2-3-7-16/h14,17,19H,2-13H2,1H3. The van der Waals surface area contributed by atoms with Crippen LogP contribution in [0.15, 0.2) is 0 Å². The van der Waals surface area contributed by atoms with Gasteiger partial charge in [-0.15, -0.1) is 0 Å². The summed E-state index contributed by atoms with van der Waals surface area (Å²) < 4.78 is 0. The van der Waals surface area contributed by atoms with E-state index in [1.165, 1.54) is 64.5 Å². The molecule has 110 valence electrons. The molecule has 0 aromatic carbocycles. The maximum Gasteiger partial charge on any atom is 0.0623 e. The highest BCUT2D eigenvalue weighted by Crippen LogP contribution is 2.46. The fourth-order valence-electron chi connectivity index (χ4n) is 4.17. The number of nitrogens with one attached hydrogen (secondary N) is 1. The quantitative estimate of drug-likeness (QED) is 0.800. The Balaban J connectivity index is 1.50.